The molecule has 4 rings (SSSR count). The molecule has 0 radical (unpaired) electrons. The lowest BCUT2D eigenvalue weighted by atomic mass is 9.91. The Bertz CT molecular complexity index is 1260. The number of alkyl halides is 3. The van der Waals surface area contributed by atoms with E-state index >= 15 is 0 Å². The number of para-hydroxylation sites is 1. The van der Waals surface area contributed by atoms with Gasteiger partial charge in [-0.25, -0.2) is 4.98 Å². The average molecular weight is 486 g/mol. The quantitative estimate of drug-likeness (QED) is 0.318. The fraction of sp³-hybridized carbons (Fsp3) is 0.200. The normalized spacial score (nSPS) is 12.5. The highest BCUT2D eigenvalue weighted by molar-refractivity contribution is 7.99. The average Bonchev–Trinajstić information content (AvgIpc) is 3.27. The van der Waals surface area contributed by atoms with E-state index in [1.165, 1.54) is 6.07 Å². The maximum Gasteiger partial charge on any atom is 0.417 e. The Kier molecular flexibility index (Phi) is 7.12. The number of nitrogens with zero attached hydrogens (tertiary/aromatic N) is 1. The van der Waals surface area contributed by atoms with Crippen molar-refractivity contribution < 1.29 is 22.7 Å². The summed E-state index contributed by atoms with van der Waals surface area (Å²) in [6.07, 6.45) is -1.71. The number of aromatic amines is 1. The number of H-pyrrole nitrogens is 1. The second kappa shape index (κ2) is 10.2. The van der Waals surface area contributed by atoms with E-state index in [-0.39, 0.29) is 17.6 Å². The van der Waals surface area contributed by atoms with E-state index < -0.39 is 11.7 Å². The number of rotatable bonds is 8. The maximum atomic E-state index is 12.7. The van der Waals surface area contributed by atoms with Gasteiger partial charge < -0.3 is 15.0 Å². The molecule has 1 amide bonds. The van der Waals surface area contributed by atoms with Crippen molar-refractivity contribution in [3.8, 4) is 5.75 Å². The van der Waals surface area contributed by atoms with Crippen molar-refractivity contribution in [1.82, 2.24) is 15.3 Å². The number of fused-ring (bicyclic) bond motifs is 1. The van der Waals surface area contributed by atoms with Crippen LogP contribution in [-0.4, -0.2) is 35.3 Å². The second-order valence-corrected chi connectivity index (χ2v) is 8.59. The molecule has 1 atom stereocenters. The molecule has 2 heterocycles. The number of hydrogen-bond donors (Lipinski definition) is 2. The third kappa shape index (κ3) is 5.53. The van der Waals surface area contributed by atoms with Crippen LogP contribution in [0.25, 0.3) is 10.9 Å². The standard InChI is InChI=1S/C25H22F3N3O2S/c1-33-18-9-6-16(7-10-18)20(21-14-29-22-5-3-2-4-19(21)22)13-30-23(32)15-34-24-11-8-17(12-31-24)25(26,27)28/h2-12,14,20,29H,13,15H2,1H3,(H,30,32)/t20-/m1/s1. The van der Waals surface area contributed by atoms with E-state index in [2.05, 4.69) is 15.3 Å². The van der Waals surface area contributed by atoms with Crippen molar-refractivity contribution in [3.05, 3.63) is 89.7 Å². The van der Waals surface area contributed by atoms with Crippen molar-refractivity contribution in [2.75, 3.05) is 19.4 Å². The monoisotopic (exact) mass is 485 g/mol. The number of carbonyl (C=O) groups excluding carboxylic acids is 1. The van der Waals surface area contributed by atoms with Crippen LogP contribution in [0, 0.1) is 0 Å². The topological polar surface area (TPSA) is 67.0 Å². The molecule has 0 spiro atoms. The number of methoxy groups -OCH3 is 1. The lowest BCUT2D eigenvalue weighted by molar-refractivity contribution is -0.137. The molecular formula is C25H22F3N3O2S. The van der Waals surface area contributed by atoms with Crippen molar-refractivity contribution in [1.29, 1.82) is 0 Å². The zero-order valence-electron chi connectivity index (χ0n) is 18.2. The summed E-state index contributed by atoms with van der Waals surface area (Å²) in [4.78, 5) is 19.6. The van der Waals surface area contributed by atoms with Crippen molar-refractivity contribution >= 4 is 28.6 Å². The smallest absolute Gasteiger partial charge is 0.417 e. The minimum Gasteiger partial charge on any atom is -0.497 e. The summed E-state index contributed by atoms with van der Waals surface area (Å²) in [5, 5.41) is 4.38. The van der Waals surface area contributed by atoms with Gasteiger partial charge in [0.05, 0.1) is 23.5 Å². The van der Waals surface area contributed by atoms with Gasteiger partial charge in [0.2, 0.25) is 5.91 Å². The zero-order chi connectivity index (χ0) is 24.1. The Balaban J connectivity index is 1.45. The van der Waals surface area contributed by atoms with Gasteiger partial charge in [0.1, 0.15) is 5.75 Å². The Morgan fingerprint density at radius 2 is 1.88 bits per heavy atom. The molecule has 34 heavy (non-hydrogen) atoms. The van der Waals surface area contributed by atoms with Gasteiger partial charge >= 0.3 is 6.18 Å². The van der Waals surface area contributed by atoms with Crippen LogP contribution in [0.15, 0.2) is 78.1 Å². The maximum absolute atomic E-state index is 12.7. The van der Waals surface area contributed by atoms with Crippen molar-refractivity contribution in [2.45, 2.75) is 17.1 Å². The zero-order valence-corrected chi connectivity index (χ0v) is 19.0. The Hall–Kier alpha value is -3.46. The van der Waals surface area contributed by atoms with Gasteiger partial charge in [-0.15, -0.1) is 0 Å². The highest BCUT2D eigenvalue weighted by atomic mass is 32.2. The molecular weight excluding hydrogens is 463 g/mol. The second-order valence-electron chi connectivity index (χ2n) is 7.59. The summed E-state index contributed by atoms with van der Waals surface area (Å²) < 4.78 is 43.3. The molecule has 2 N–H and O–H groups in total. The molecule has 0 fully saturated rings. The molecule has 9 heteroatoms. The lowest BCUT2D eigenvalue weighted by Gasteiger charge is -2.18. The fourth-order valence-corrected chi connectivity index (χ4v) is 4.34. The molecule has 0 saturated heterocycles. The molecule has 2 aromatic carbocycles. The number of pyridine rings is 1. The van der Waals surface area contributed by atoms with E-state index in [0.29, 0.717) is 11.6 Å². The fourth-order valence-electron chi connectivity index (χ4n) is 3.67. The number of hydrogen-bond acceptors (Lipinski definition) is 4. The number of benzene rings is 2. The molecule has 0 aliphatic heterocycles. The van der Waals surface area contributed by atoms with Crippen molar-refractivity contribution in [3.63, 3.8) is 0 Å². The first-order valence-electron chi connectivity index (χ1n) is 10.5. The third-order valence-electron chi connectivity index (χ3n) is 5.43. The van der Waals surface area contributed by atoms with Gasteiger partial charge in [0, 0.05) is 35.8 Å². The predicted molar refractivity (Wildman–Crippen MR) is 126 cm³/mol. The van der Waals surface area contributed by atoms with E-state index in [1.807, 2.05) is 54.7 Å². The first-order chi connectivity index (χ1) is 16.3. The molecule has 176 valence electrons. The van der Waals surface area contributed by atoms with Gasteiger partial charge in [0.15, 0.2) is 0 Å². The van der Waals surface area contributed by atoms with E-state index in [4.69, 9.17) is 4.74 Å². The van der Waals surface area contributed by atoms with Crippen LogP contribution in [0.1, 0.15) is 22.6 Å². The molecule has 0 aliphatic carbocycles. The number of aromatic nitrogens is 2. The Morgan fingerprint density at radius 1 is 1.12 bits per heavy atom. The van der Waals surface area contributed by atoms with Crippen LogP contribution in [0.2, 0.25) is 0 Å². The van der Waals surface area contributed by atoms with Crippen molar-refractivity contribution in [2.24, 2.45) is 0 Å². The van der Waals surface area contributed by atoms with Crippen LogP contribution in [0.3, 0.4) is 0 Å². The molecule has 0 saturated carbocycles. The molecule has 0 bridgehead atoms. The SMILES string of the molecule is COc1ccc([C@@H](CNC(=O)CSc2ccc(C(F)(F)F)cn2)c2c[nH]c3ccccc23)cc1. The van der Waals surface area contributed by atoms with Crippen LogP contribution in [-0.2, 0) is 11.0 Å². The van der Waals surface area contributed by atoms with Crippen LogP contribution >= 0.6 is 11.8 Å². The minimum absolute atomic E-state index is 0.0432. The number of nitrogens with one attached hydrogen (secondary N) is 2. The van der Waals surface area contributed by atoms with E-state index in [1.54, 1.807) is 7.11 Å². The Labute approximate surface area is 198 Å². The first-order valence-corrected chi connectivity index (χ1v) is 11.5. The predicted octanol–water partition coefficient (Wildman–Crippen LogP) is 5.63. The summed E-state index contributed by atoms with van der Waals surface area (Å²) in [6, 6.07) is 17.9. The number of carbonyl (C=O) groups is 1. The summed E-state index contributed by atoms with van der Waals surface area (Å²) in [5.41, 5.74) is 2.26. The lowest BCUT2D eigenvalue weighted by Crippen LogP contribution is -2.30. The van der Waals surface area contributed by atoms with Crippen LogP contribution in [0.5, 0.6) is 5.75 Å². The largest absolute Gasteiger partial charge is 0.497 e. The van der Waals surface area contributed by atoms with E-state index in [0.717, 1.165) is 51.8 Å². The molecule has 0 aliphatic rings. The number of ether oxygens (including phenoxy) is 1. The number of amides is 1. The van der Waals surface area contributed by atoms with Crippen LogP contribution in [0.4, 0.5) is 13.2 Å². The van der Waals surface area contributed by atoms with Gasteiger partial charge in [-0.1, -0.05) is 42.1 Å². The number of thioether (sulfide) groups is 1. The van der Waals surface area contributed by atoms with Crippen LogP contribution < -0.4 is 10.1 Å². The summed E-state index contributed by atoms with van der Waals surface area (Å²) >= 11 is 1.09. The highest BCUT2D eigenvalue weighted by Gasteiger charge is 2.30. The van der Waals surface area contributed by atoms with Gasteiger partial charge in [-0.05, 0) is 41.5 Å². The first kappa shape index (κ1) is 23.7. The van der Waals surface area contributed by atoms with Gasteiger partial charge in [-0.3, -0.25) is 4.79 Å². The van der Waals surface area contributed by atoms with E-state index in [9.17, 15) is 18.0 Å². The summed E-state index contributed by atoms with van der Waals surface area (Å²) in [7, 11) is 1.61. The third-order valence-corrected chi connectivity index (χ3v) is 6.38. The molecule has 0 unspecified atom stereocenters. The van der Waals surface area contributed by atoms with Gasteiger partial charge in [0.25, 0.3) is 0 Å². The summed E-state index contributed by atoms with van der Waals surface area (Å²) in [5.74, 6) is 0.442. The number of halogens is 3. The molecule has 4 aromatic rings. The molecule has 5 nitrogen and oxygen atoms in total. The molecule has 2 aromatic heterocycles. The summed E-state index contributed by atoms with van der Waals surface area (Å²) in [6.45, 7) is 0.355. The Morgan fingerprint density at radius 3 is 2.56 bits per heavy atom. The van der Waals surface area contributed by atoms with Gasteiger partial charge in [-0.2, -0.15) is 13.2 Å². The highest BCUT2D eigenvalue weighted by Crippen LogP contribution is 2.32. The minimum atomic E-state index is -4.44.